The van der Waals surface area contributed by atoms with Gasteiger partial charge in [-0.3, -0.25) is 20.2 Å². The van der Waals surface area contributed by atoms with Crippen molar-refractivity contribution in [2.45, 2.75) is 37.6 Å². The number of amides is 1. The SMILES string of the molecule is O=C(N[C@@H](Cc1ccccc1)C(=O)OCc1ccccc1)[C@@H]1Cc2c([nH]c3ccccc23)[C@@H](c2ccc([N+](=O)[O-])cc2)N1. The number of rotatable bonds is 9. The number of nitro benzene ring substituents is 1. The fraction of sp³-hybridized carbons (Fsp3) is 0.176. The van der Waals surface area contributed by atoms with Crippen LogP contribution in [-0.2, 0) is 33.8 Å². The number of hydrogen-bond acceptors (Lipinski definition) is 6. The minimum atomic E-state index is -0.900. The quantitative estimate of drug-likeness (QED) is 0.127. The van der Waals surface area contributed by atoms with Crippen LogP contribution in [0, 0.1) is 10.1 Å². The first kappa shape index (κ1) is 27.9. The molecule has 0 saturated heterocycles. The van der Waals surface area contributed by atoms with Crippen molar-refractivity contribution >= 4 is 28.5 Å². The number of carbonyl (C=O) groups excluding carboxylic acids is 2. The molecule has 9 heteroatoms. The highest BCUT2D eigenvalue weighted by molar-refractivity contribution is 5.91. The van der Waals surface area contributed by atoms with Crippen LogP contribution in [0.15, 0.2) is 109 Å². The van der Waals surface area contributed by atoms with E-state index < -0.39 is 29.0 Å². The molecule has 0 spiro atoms. The maximum absolute atomic E-state index is 13.9. The Balaban J connectivity index is 1.27. The Morgan fingerprint density at radius 2 is 1.53 bits per heavy atom. The number of esters is 1. The number of ether oxygens (including phenoxy) is 1. The normalized spacial score (nSPS) is 16.7. The fourth-order valence-corrected chi connectivity index (χ4v) is 5.60. The minimum absolute atomic E-state index is 0.0107. The van der Waals surface area contributed by atoms with Crippen LogP contribution in [-0.4, -0.2) is 33.9 Å². The Hall–Kier alpha value is -5.28. The van der Waals surface area contributed by atoms with Gasteiger partial charge in [-0.1, -0.05) is 91.0 Å². The molecule has 1 amide bonds. The monoisotopic (exact) mass is 574 g/mol. The molecule has 0 saturated carbocycles. The smallest absolute Gasteiger partial charge is 0.329 e. The van der Waals surface area contributed by atoms with Gasteiger partial charge in [0.05, 0.1) is 17.0 Å². The van der Waals surface area contributed by atoms with Gasteiger partial charge in [0.1, 0.15) is 12.6 Å². The molecule has 6 rings (SSSR count). The highest BCUT2D eigenvalue weighted by Crippen LogP contribution is 2.35. The Bertz CT molecular complexity index is 1750. The van der Waals surface area contributed by atoms with Crippen LogP contribution >= 0.6 is 0 Å². The van der Waals surface area contributed by atoms with Gasteiger partial charge in [0.2, 0.25) is 5.91 Å². The summed E-state index contributed by atoms with van der Waals surface area (Å²) in [5, 5.41) is 18.7. The third kappa shape index (κ3) is 6.17. The largest absolute Gasteiger partial charge is 0.459 e. The molecule has 4 aromatic carbocycles. The molecule has 0 fully saturated rings. The highest BCUT2D eigenvalue weighted by atomic mass is 16.6. The number of hydrogen-bond donors (Lipinski definition) is 3. The van der Waals surface area contributed by atoms with Gasteiger partial charge in [-0.05, 0) is 34.7 Å². The summed E-state index contributed by atoms with van der Waals surface area (Å²) in [6.45, 7) is 0.101. The molecule has 3 atom stereocenters. The number of nitrogens with one attached hydrogen (secondary N) is 3. The van der Waals surface area contributed by atoms with Crippen LogP contribution < -0.4 is 10.6 Å². The zero-order valence-electron chi connectivity index (χ0n) is 23.2. The fourth-order valence-electron chi connectivity index (χ4n) is 5.60. The van der Waals surface area contributed by atoms with Gasteiger partial charge in [0.15, 0.2) is 0 Å². The van der Waals surface area contributed by atoms with E-state index in [0.29, 0.717) is 6.42 Å². The van der Waals surface area contributed by atoms with E-state index in [4.69, 9.17) is 4.74 Å². The summed E-state index contributed by atoms with van der Waals surface area (Å²) in [6, 6.07) is 31.1. The van der Waals surface area contributed by atoms with Crippen molar-refractivity contribution in [3.05, 3.63) is 147 Å². The summed E-state index contributed by atoms with van der Waals surface area (Å²) in [5.41, 5.74) is 5.35. The van der Waals surface area contributed by atoms with Crippen molar-refractivity contribution in [3.63, 3.8) is 0 Å². The average molecular weight is 575 g/mol. The van der Waals surface area contributed by atoms with Gasteiger partial charge in [-0.2, -0.15) is 0 Å². The van der Waals surface area contributed by atoms with Crippen molar-refractivity contribution in [2.75, 3.05) is 0 Å². The molecule has 2 heterocycles. The van der Waals surface area contributed by atoms with E-state index in [1.54, 1.807) is 12.1 Å². The van der Waals surface area contributed by atoms with Crippen LogP contribution in [0.1, 0.15) is 34.0 Å². The number of H-pyrrole nitrogens is 1. The van der Waals surface area contributed by atoms with Crippen molar-refractivity contribution in [3.8, 4) is 0 Å². The van der Waals surface area contributed by atoms with E-state index in [0.717, 1.165) is 38.9 Å². The third-order valence-corrected chi connectivity index (χ3v) is 7.77. The average Bonchev–Trinajstić information content (AvgIpc) is 3.42. The number of carbonyl (C=O) groups is 2. The van der Waals surface area contributed by atoms with Crippen molar-refractivity contribution in [1.82, 2.24) is 15.6 Å². The zero-order valence-corrected chi connectivity index (χ0v) is 23.2. The third-order valence-electron chi connectivity index (χ3n) is 7.77. The van der Waals surface area contributed by atoms with Crippen LogP contribution in [0.4, 0.5) is 5.69 Å². The van der Waals surface area contributed by atoms with Gasteiger partial charge in [-0.25, -0.2) is 4.79 Å². The maximum atomic E-state index is 13.9. The van der Waals surface area contributed by atoms with E-state index >= 15 is 0 Å². The molecule has 43 heavy (non-hydrogen) atoms. The summed E-state index contributed by atoms with van der Waals surface area (Å²) in [6.07, 6.45) is 0.669. The number of aromatic nitrogens is 1. The van der Waals surface area contributed by atoms with E-state index in [9.17, 15) is 19.7 Å². The minimum Gasteiger partial charge on any atom is -0.459 e. The van der Waals surface area contributed by atoms with E-state index in [-0.39, 0.29) is 24.6 Å². The molecule has 0 radical (unpaired) electrons. The second-order valence-electron chi connectivity index (χ2n) is 10.6. The number of benzene rings is 4. The summed E-state index contributed by atoms with van der Waals surface area (Å²) in [4.78, 5) is 41.5. The van der Waals surface area contributed by atoms with Crippen LogP contribution in [0.3, 0.4) is 0 Å². The molecular weight excluding hydrogens is 544 g/mol. The lowest BCUT2D eigenvalue weighted by Gasteiger charge is -2.32. The van der Waals surface area contributed by atoms with Gasteiger partial charge >= 0.3 is 5.97 Å². The lowest BCUT2D eigenvalue weighted by Crippen LogP contribution is -2.54. The molecule has 216 valence electrons. The van der Waals surface area contributed by atoms with Crippen molar-refractivity contribution < 1.29 is 19.2 Å². The standard InChI is InChI=1S/C34H30N4O5/c39-33(37-30(19-22-9-3-1-4-10-22)34(40)43-21-23-11-5-2-6-12-23)29-20-27-26-13-7-8-14-28(26)35-32(27)31(36-29)24-15-17-25(18-16-24)38(41)42/h1-18,29-31,35-36H,19-21H2,(H,37,39)/t29-,30-,31+/m0/s1. The first-order valence-electron chi connectivity index (χ1n) is 14.1. The molecule has 3 N–H and O–H groups in total. The molecule has 1 aliphatic heterocycles. The van der Waals surface area contributed by atoms with Crippen molar-refractivity contribution in [2.24, 2.45) is 0 Å². The molecule has 9 nitrogen and oxygen atoms in total. The second-order valence-corrected chi connectivity index (χ2v) is 10.6. The predicted molar refractivity (Wildman–Crippen MR) is 162 cm³/mol. The van der Waals surface area contributed by atoms with E-state index in [2.05, 4.69) is 15.6 Å². The van der Waals surface area contributed by atoms with Crippen molar-refractivity contribution in [1.29, 1.82) is 0 Å². The Morgan fingerprint density at radius 3 is 2.23 bits per heavy atom. The maximum Gasteiger partial charge on any atom is 0.329 e. The van der Waals surface area contributed by atoms with Crippen LogP contribution in [0.2, 0.25) is 0 Å². The van der Waals surface area contributed by atoms with Gasteiger partial charge in [0.25, 0.3) is 5.69 Å². The van der Waals surface area contributed by atoms with Crippen LogP contribution in [0.25, 0.3) is 10.9 Å². The molecule has 0 aliphatic carbocycles. The molecule has 0 unspecified atom stereocenters. The van der Waals surface area contributed by atoms with Gasteiger partial charge in [-0.15, -0.1) is 0 Å². The molecule has 0 bridgehead atoms. The number of para-hydroxylation sites is 1. The number of nitrogens with zero attached hydrogens (tertiary/aromatic N) is 1. The Kier molecular flexibility index (Phi) is 7.97. The molecule has 1 aliphatic rings. The van der Waals surface area contributed by atoms with Gasteiger partial charge < -0.3 is 15.0 Å². The first-order valence-corrected chi connectivity index (χ1v) is 14.1. The lowest BCUT2D eigenvalue weighted by atomic mass is 9.89. The number of non-ortho nitro benzene ring substituents is 1. The Labute approximate surface area is 248 Å². The number of aromatic amines is 1. The molecule has 5 aromatic rings. The summed E-state index contributed by atoms with van der Waals surface area (Å²) in [7, 11) is 0. The highest BCUT2D eigenvalue weighted by Gasteiger charge is 2.36. The first-order chi connectivity index (χ1) is 21.0. The summed E-state index contributed by atoms with van der Waals surface area (Å²) < 4.78 is 5.64. The molecular formula is C34H30N4O5. The Morgan fingerprint density at radius 1 is 0.884 bits per heavy atom. The predicted octanol–water partition coefficient (Wildman–Crippen LogP) is 5.15. The van der Waals surface area contributed by atoms with Crippen LogP contribution in [0.5, 0.6) is 0 Å². The molecule has 1 aromatic heterocycles. The van der Waals surface area contributed by atoms with E-state index in [1.165, 1.54) is 12.1 Å². The summed E-state index contributed by atoms with van der Waals surface area (Å²) >= 11 is 0. The number of nitro groups is 1. The second kappa shape index (κ2) is 12.3. The topological polar surface area (TPSA) is 126 Å². The number of fused-ring (bicyclic) bond motifs is 3. The lowest BCUT2D eigenvalue weighted by molar-refractivity contribution is -0.384. The summed E-state index contributed by atoms with van der Waals surface area (Å²) in [5.74, 6) is -0.850. The van der Waals surface area contributed by atoms with Gasteiger partial charge in [0, 0.05) is 35.2 Å². The zero-order chi connectivity index (χ0) is 29.8. The van der Waals surface area contributed by atoms with E-state index in [1.807, 2.05) is 84.9 Å².